The summed E-state index contributed by atoms with van der Waals surface area (Å²) in [5.41, 5.74) is 2.20. The van der Waals surface area contributed by atoms with E-state index in [0.717, 1.165) is 65.7 Å². The molecule has 2 fully saturated rings. The molecule has 0 spiro atoms. The molecule has 0 bridgehead atoms. The van der Waals surface area contributed by atoms with E-state index in [1.165, 1.54) is 69.8 Å². The molecule has 0 saturated heterocycles. The molecule has 34 heavy (non-hydrogen) atoms. The molecular weight excluding hydrogens is 415 g/mol. The molecule has 4 rings (SSSR count). The Labute approximate surface area is 207 Å². The fourth-order valence-electron chi connectivity index (χ4n) is 6.76. The van der Waals surface area contributed by atoms with Crippen LogP contribution in [0.5, 0.6) is 0 Å². The molecule has 0 radical (unpaired) electrons. The van der Waals surface area contributed by atoms with Crippen molar-refractivity contribution in [2.45, 2.75) is 96.8 Å². The van der Waals surface area contributed by atoms with Crippen molar-refractivity contribution in [3.8, 4) is 0 Å². The largest absolute Gasteiger partial charge is 0.206 e. The number of hydrogen-bond acceptors (Lipinski definition) is 0. The summed E-state index contributed by atoms with van der Waals surface area (Å²) in [4.78, 5) is 0. The van der Waals surface area contributed by atoms with Crippen LogP contribution in [0.3, 0.4) is 0 Å². The van der Waals surface area contributed by atoms with Crippen molar-refractivity contribution >= 4 is 10.8 Å². The number of rotatable bonds is 10. The van der Waals surface area contributed by atoms with E-state index in [9.17, 15) is 0 Å². The van der Waals surface area contributed by atoms with E-state index in [0.29, 0.717) is 0 Å². The summed E-state index contributed by atoms with van der Waals surface area (Å²) in [5.74, 6) is 3.67. The Kier molecular flexibility index (Phi) is 9.42. The van der Waals surface area contributed by atoms with Gasteiger partial charge in [-0.3, -0.25) is 0 Å². The van der Waals surface area contributed by atoms with Crippen molar-refractivity contribution in [2.24, 2.45) is 23.7 Å². The van der Waals surface area contributed by atoms with E-state index >= 15 is 4.39 Å². The average molecular weight is 461 g/mol. The zero-order chi connectivity index (χ0) is 23.8. The summed E-state index contributed by atoms with van der Waals surface area (Å²) in [7, 11) is 0. The molecular formula is C33H45F. The molecule has 2 aromatic rings. The first-order valence-corrected chi connectivity index (χ1v) is 14.1. The Morgan fingerprint density at radius 2 is 1.50 bits per heavy atom. The summed E-state index contributed by atoms with van der Waals surface area (Å²) in [6.07, 6.45) is 24.3. The van der Waals surface area contributed by atoms with Crippen molar-refractivity contribution in [2.75, 3.05) is 0 Å². The fraction of sp³-hybridized carbons (Fsp3) is 0.576. The SMILES string of the molecule is C=CCCC1CCC(C2CCC(CCc3ccc4cc(CC/C=C/C)ccc4c3F)CC2)CC1. The molecule has 0 unspecified atom stereocenters. The van der Waals surface area contributed by atoms with E-state index in [1.807, 2.05) is 12.1 Å². The molecule has 2 aliphatic carbocycles. The summed E-state index contributed by atoms with van der Waals surface area (Å²) in [6.45, 7) is 5.94. The molecule has 0 heterocycles. The Balaban J connectivity index is 1.24. The van der Waals surface area contributed by atoms with E-state index in [-0.39, 0.29) is 5.82 Å². The van der Waals surface area contributed by atoms with Gasteiger partial charge in [0, 0.05) is 5.39 Å². The molecule has 0 aliphatic heterocycles. The van der Waals surface area contributed by atoms with Gasteiger partial charge in [-0.25, -0.2) is 4.39 Å². The Morgan fingerprint density at radius 3 is 2.15 bits per heavy atom. The van der Waals surface area contributed by atoms with Gasteiger partial charge in [0.15, 0.2) is 0 Å². The Bertz CT molecular complexity index is 938. The van der Waals surface area contributed by atoms with Crippen LogP contribution in [-0.2, 0) is 12.8 Å². The number of aryl methyl sites for hydroxylation is 2. The Hall–Kier alpha value is -1.89. The smallest absolute Gasteiger partial charge is 0.134 e. The first kappa shape index (κ1) is 25.2. The minimum atomic E-state index is 0.0133. The van der Waals surface area contributed by atoms with Crippen molar-refractivity contribution in [1.29, 1.82) is 0 Å². The summed E-state index contributed by atoms with van der Waals surface area (Å²) >= 11 is 0. The van der Waals surface area contributed by atoms with Crippen LogP contribution >= 0.6 is 0 Å². The van der Waals surface area contributed by atoms with Gasteiger partial charge in [0.2, 0.25) is 0 Å². The molecule has 184 valence electrons. The van der Waals surface area contributed by atoms with Crippen LogP contribution in [0.2, 0.25) is 0 Å². The van der Waals surface area contributed by atoms with Crippen LogP contribution < -0.4 is 0 Å². The topological polar surface area (TPSA) is 0 Å². The second kappa shape index (κ2) is 12.7. The molecule has 0 atom stereocenters. The van der Waals surface area contributed by atoms with E-state index in [2.05, 4.69) is 49.9 Å². The summed E-state index contributed by atoms with van der Waals surface area (Å²) in [5, 5.41) is 1.83. The zero-order valence-electron chi connectivity index (χ0n) is 21.4. The molecule has 0 amide bonds. The van der Waals surface area contributed by atoms with Gasteiger partial charge >= 0.3 is 0 Å². The van der Waals surface area contributed by atoms with E-state index in [4.69, 9.17) is 0 Å². The van der Waals surface area contributed by atoms with Crippen molar-refractivity contribution in [3.05, 3.63) is 72.1 Å². The second-order valence-corrected chi connectivity index (χ2v) is 11.2. The summed E-state index contributed by atoms with van der Waals surface area (Å²) < 4.78 is 15.3. The van der Waals surface area contributed by atoms with Gasteiger partial charge in [-0.15, -0.1) is 6.58 Å². The normalized spacial score (nSPS) is 25.7. The van der Waals surface area contributed by atoms with Crippen LogP contribution in [-0.4, -0.2) is 0 Å². The lowest BCUT2D eigenvalue weighted by Crippen LogP contribution is -2.26. The number of allylic oxidation sites excluding steroid dienone is 3. The average Bonchev–Trinajstić information content (AvgIpc) is 2.88. The standard InChI is InChI=1S/C33H45F/c1-3-5-7-9-27-15-23-32-31(24-27)22-21-30(33(32)34)20-14-26-12-18-29(19-13-26)28-16-10-25(11-17-28)8-6-4-2/h3-5,15,21-26,28-29H,2,6-14,16-20H2,1H3/b5-3+. The third-order valence-corrected chi connectivity index (χ3v) is 8.98. The first-order valence-electron chi connectivity index (χ1n) is 14.1. The molecule has 0 nitrogen and oxygen atoms in total. The number of fused-ring (bicyclic) bond motifs is 1. The minimum absolute atomic E-state index is 0.0133. The van der Waals surface area contributed by atoms with Gasteiger partial charge in [0.1, 0.15) is 5.82 Å². The predicted molar refractivity (Wildman–Crippen MR) is 146 cm³/mol. The molecule has 1 heteroatoms. The number of halogens is 1. The third kappa shape index (κ3) is 6.61. The molecule has 2 saturated carbocycles. The monoisotopic (exact) mass is 460 g/mol. The van der Waals surface area contributed by atoms with Crippen LogP contribution in [0, 0.1) is 29.5 Å². The maximum atomic E-state index is 15.3. The lowest BCUT2D eigenvalue weighted by Gasteiger charge is -2.38. The first-order chi connectivity index (χ1) is 16.7. The number of benzene rings is 2. The van der Waals surface area contributed by atoms with Crippen LogP contribution in [0.4, 0.5) is 4.39 Å². The second-order valence-electron chi connectivity index (χ2n) is 11.2. The highest BCUT2D eigenvalue weighted by Crippen LogP contribution is 2.43. The molecule has 2 aromatic carbocycles. The molecule has 0 N–H and O–H groups in total. The maximum absolute atomic E-state index is 15.3. The molecule has 2 aliphatic rings. The number of hydrogen-bond donors (Lipinski definition) is 0. The van der Waals surface area contributed by atoms with E-state index in [1.54, 1.807) is 0 Å². The highest BCUT2D eigenvalue weighted by molar-refractivity contribution is 5.84. The lowest BCUT2D eigenvalue weighted by atomic mass is 9.68. The van der Waals surface area contributed by atoms with Gasteiger partial charge in [0.25, 0.3) is 0 Å². The van der Waals surface area contributed by atoms with E-state index < -0.39 is 0 Å². The molecule has 0 aromatic heterocycles. The van der Waals surface area contributed by atoms with Gasteiger partial charge in [-0.1, -0.05) is 74.2 Å². The lowest BCUT2D eigenvalue weighted by molar-refractivity contribution is 0.141. The predicted octanol–water partition coefficient (Wildman–Crippen LogP) is 10.00. The third-order valence-electron chi connectivity index (χ3n) is 8.98. The fourth-order valence-corrected chi connectivity index (χ4v) is 6.76. The van der Waals surface area contributed by atoms with Crippen molar-refractivity contribution in [1.82, 2.24) is 0 Å². The summed E-state index contributed by atoms with van der Waals surface area (Å²) in [6, 6.07) is 10.4. The van der Waals surface area contributed by atoms with Gasteiger partial charge in [-0.05, 0) is 111 Å². The Morgan fingerprint density at radius 1 is 0.824 bits per heavy atom. The van der Waals surface area contributed by atoms with Crippen LogP contribution in [0.25, 0.3) is 10.8 Å². The zero-order valence-corrected chi connectivity index (χ0v) is 21.4. The van der Waals surface area contributed by atoms with Gasteiger partial charge in [0.05, 0.1) is 0 Å². The minimum Gasteiger partial charge on any atom is -0.206 e. The van der Waals surface area contributed by atoms with Gasteiger partial charge in [-0.2, -0.15) is 0 Å². The van der Waals surface area contributed by atoms with Crippen LogP contribution in [0.15, 0.2) is 55.1 Å². The van der Waals surface area contributed by atoms with Crippen LogP contribution in [0.1, 0.15) is 95.1 Å². The van der Waals surface area contributed by atoms with Crippen molar-refractivity contribution in [3.63, 3.8) is 0 Å². The maximum Gasteiger partial charge on any atom is 0.134 e. The van der Waals surface area contributed by atoms with Crippen molar-refractivity contribution < 1.29 is 4.39 Å². The highest BCUT2D eigenvalue weighted by atomic mass is 19.1. The van der Waals surface area contributed by atoms with Gasteiger partial charge < -0.3 is 0 Å². The quantitative estimate of drug-likeness (QED) is 0.309. The highest BCUT2D eigenvalue weighted by Gasteiger charge is 2.30.